The Morgan fingerprint density at radius 2 is 1.67 bits per heavy atom. The molecular formula is C21H24N2O4. The van der Waals surface area contributed by atoms with Crippen LogP contribution in [-0.2, 0) is 14.3 Å². The number of carbonyl (C=O) groups excluding carboxylic acids is 3. The van der Waals surface area contributed by atoms with Gasteiger partial charge in [0.2, 0.25) is 0 Å². The fraction of sp³-hybridized carbons (Fsp3) is 0.286. The number of ether oxygens (including phenoxy) is 1. The Bertz CT molecular complexity index is 805. The molecule has 1 atom stereocenters. The highest BCUT2D eigenvalue weighted by molar-refractivity contribution is 5.97. The molecule has 0 fully saturated rings. The van der Waals surface area contributed by atoms with E-state index in [2.05, 4.69) is 5.32 Å². The molecule has 0 saturated carbocycles. The van der Waals surface area contributed by atoms with Crippen LogP contribution in [0.3, 0.4) is 0 Å². The standard InChI is InChI=1S/C21H24N2O4/c1-15-9-7-8-12-18(15)20(25)22-14-13-19(24)27-16(2)21(26)23(3)17-10-5-4-6-11-17/h4-12,16H,13-14H2,1-3H3,(H,22,25). The number of nitrogens with one attached hydrogen (secondary N) is 1. The molecule has 0 aliphatic heterocycles. The molecule has 0 spiro atoms. The van der Waals surface area contributed by atoms with E-state index in [1.807, 2.05) is 37.3 Å². The van der Waals surface area contributed by atoms with Crippen molar-refractivity contribution in [1.29, 1.82) is 0 Å². The zero-order chi connectivity index (χ0) is 19.8. The lowest BCUT2D eigenvalue weighted by Gasteiger charge is -2.21. The summed E-state index contributed by atoms with van der Waals surface area (Å²) in [4.78, 5) is 37.9. The molecular weight excluding hydrogens is 344 g/mol. The van der Waals surface area contributed by atoms with Crippen LogP contribution in [0.2, 0.25) is 0 Å². The molecule has 0 radical (unpaired) electrons. The van der Waals surface area contributed by atoms with Crippen molar-refractivity contribution in [2.24, 2.45) is 0 Å². The Hall–Kier alpha value is -3.15. The summed E-state index contributed by atoms with van der Waals surface area (Å²) >= 11 is 0. The molecule has 0 aliphatic carbocycles. The molecule has 0 saturated heterocycles. The van der Waals surface area contributed by atoms with E-state index in [1.165, 1.54) is 11.8 Å². The van der Waals surface area contributed by atoms with Gasteiger partial charge in [-0.3, -0.25) is 14.4 Å². The highest BCUT2D eigenvalue weighted by Gasteiger charge is 2.22. The minimum absolute atomic E-state index is 0.00963. The Balaban J connectivity index is 1.79. The Morgan fingerprint density at radius 1 is 1.04 bits per heavy atom. The first-order valence-corrected chi connectivity index (χ1v) is 8.76. The predicted molar refractivity (Wildman–Crippen MR) is 104 cm³/mol. The number of para-hydroxylation sites is 1. The van der Waals surface area contributed by atoms with Gasteiger partial charge in [0.25, 0.3) is 11.8 Å². The van der Waals surface area contributed by atoms with Gasteiger partial charge < -0.3 is 15.0 Å². The van der Waals surface area contributed by atoms with Gasteiger partial charge in [0.1, 0.15) is 0 Å². The van der Waals surface area contributed by atoms with Crippen molar-refractivity contribution in [3.63, 3.8) is 0 Å². The molecule has 6 heteroatoms. The number of rotatable bonds is 7. The summed E-state index contributed by atoms with van der Waals surface area (Å²) in [5, 5.41) is 2.69. The summed E-state index contributed by atoms with van der Waals surface area (Å²) in [6, 6.07) is 16.3. The fourth-order valence-electron chi connectivity index (χ4n) is 2.56. The van der Waals surface area contributed by atoms with Gasteiger partial charge in [-0.1, -0.05) is 36.4 Å². The lowest BCUT2D eigenvalue weighted by Crippen LogP contribution is -2.38. The molecule has 1 unspecified atom stereocenters. The average molecular weight is 368 g/mol. The first-order chi connectivity index (χ1) is 12.9. The van der Waals surface area contributed by atoms with Gasteiger partial charge in [-0.05, 0) is 37.6 Å². The Morgan fingerprint density at radius 3 is 2.33 bits per heavy atom. The third-order valence-corrected chi connectivity index (χ3v) is 4.13. The van der Waals surface area contributed by atoms with Crippen molar-refractivity contribution >= 4 is 23.5 Å². The van der Waals surface area contributed by atoms with Crippen LogP contribution in [0, 0.1) is 6.92 Å². The lowest BCUT2D eigenvalue weighted by atomic mass is 10.1. The van der Waals surface area contributed by atoms with Crippen LogP contribution >= 0.6 is 0 Å². The maximum absolute atomic E-state index is 12.4. The number of likely N-dealkylation sites (N-methyl/N-ethyl adjacent to an activating group) is 1. The molecule has 2 amide bonds. The van der Waals surface area contributed by atoms with Crippen molar-refractivity contribution in [3.8, 4) is 0 Å². The number of amides is 2. The lowest BCUT2D eigenvalue weighted by molar-refractivity contribution is -0.153. The molecule has 27 heavy (non-hydrogen) atoms. The minimum Gasteiger partial charge on any atom is -0.452 e. The van der Waals surface area contributed by atoms with Crippen molar-refractivity contribution in [3.05, 3.63) is 65.7 Å². The van der Waals surface area contributed by atoms with E-state index in [0.717, 1.165) is 11.3 Å². The van der Waals surface area contributed by atoms with E-state index >= 15 is 0 Å². The summed E-state index contributed by atoms with van der Waals surface area (Å²) in [5.74, 6) is -1.10. The molecule has 0 aliphatic rings. The number of hydrogen-bond donors (Lipinski definition) is 1. The van der Waals surface area contributed by atoms with Crippen molar-refractivity contribution in [1.82, 2.24) is 5.32 Å². The molecule has 2 aromatic rings. The van der Waals surface area contributed by atoms with E-state index in [-0.39, 0.29) is 24.8 Å². The second-order valence-electron chi connectivity index (χ2n) is 6.19. The van der Waals surface area contributed by atoms with E-state index < -0.39 is 12.1 Å². The van der Waals surface area contributed by atoms with Crippen molar-refractivity contribution in [2.45, 2.75) is 26.4 Å². The first kappa shape index (κ1) is 20.2. The topological polar surface area (TPSA) is 75.7 Å². The van der Waals surface area contributed by atoms with Gasteiger partial charge in [0.05, 0.1) is 6.42 Å². The number of hydrogen-bond acceptors (Lipinski definition) is 4. The van der Waals surface area contributed by atoms with Crippen molar-refractivity contribution < 1.29 is 19.1 Å². The van der Waals surface area contributed by atoms with E-state index in [9.17, 15) is 14.4 Å². The zero-order valence-corrected chi connectivity index (χ0v) is 15.8. The van der Waals surface area contributed by atoms with Crippen LogP contribution in [0.15, 0.2) is 54.6 Å². The normalized spacial score (nSPS) is 11.4. The van der Waals surface area contributed by atoms with E-state index in [1.54, 1.807) is 31.3 Å². The Labute approximate surface area is 159 Å². The molecule has 6 nitrogen and oxygen atoms in total. The first-order valence-electron chi connectivity index (χ1n) is 8.76. The van der Waals surface area contributed by atoms with Crippen LogP contribution in [0.25, 0.3) is 0 Å². The SMILES string of the molecule is Cc1ccccc1C(=O)NCCC(=O)OC(C)C(=O)N(C)c1ccccc1. The third kappa shape index (κ3) is 5.67. The molecule has 2 rings (SSSR count). The molecule has 142 valence electrons. The van der Waals surface area contributed by atoms with Gasteiger partial charge >= 0.3 is 5.97 Å². The van der Waals surface area contributed by atoms with E-state index in [0.29, 0.717) is 5.56 Å². The highest BCUT2D eigenvalue weighted by atomic mass is 16.5. The van der Waals surface area contributed by atoms with E-state index in [4.69, 9.17) is 4.74 Å². The maximum Gasteiger partial charge on any atom is 0.308 e. The summed E-state index contributed by atoms with van der Waals surface area (Å²) < 4.78 is 5.18. The summed E-state index contributed by atoms with van der Waals surface area (Å²) in [6.45, 7) is 3.52. The molecule has 1 N–H and O–H groups in total. The fourth-order valence-corrected chi connectivity index (χ4v) is 2.56. The number of esters is 1. The number of benzene rings is 2. The zero-order valence-electron chi connectivity index (χ0n) is 15.8. The molecule has 0 heterocycles. The highest BCUT2D eigenvalue weighted by Crippen LogP contribution is 2.13. The van der Waals surface area contributed by atoms with Crippen LogP contribution in [0.5, 0.6) is 0 Å². The second-order valence-corrected chi connectivity index (χ2v) is 6.19. The van der Waals surface area contributed by atoms with Crippen LogP contribution < -0.4 is 10.2 Å². The number of anilines is 1. The summed E-state index contributed by atoms with van der Waals surface area (Å²) in [6.07, 6.45) is -0.917. The summed E-state index contributed by atoms with van der Waals surface area (Å²) in [7, 11) is 1.63. The Kier molecular flexibility index (Phi) is 7.11. The van der Waals surface area contributed by atoms with Gasteiger partial charge in [0.15, 0.2) is 6.10 Å². The third-order valence-electron chi connectivity index (χ3n) is 4.13. The van der Waals surface area contributed by atoms with Crippen LogP contribution in [0.1, 0.15) is 29.3 Å². The maximum atomic E-state index is 12.4. The van der Waals surface area contributed by atoms with Crippen molar-refractivity contribution in [2.75, 3.05) is 18.5 Å². The minimum atomic E-state index is -0.908. The van der Waals surface area contributed by atoms with Gasteiger partial charge in [-0.25, -0.2) is 0 Å². The molecule has 2 aromatic carbocycles. The van der Waals surface area contributed by atoms with Gasteiger partial charge in [-0.2, -0.15) is 0 Å². The van der Waals surface area contributed by atoms with Gasteiger partial charge in [-0.15, -0.1) is 0 Å². The second kappa shape index (κ2) is 9.52. The monoisotopic (exact) mass is 368 g/mol. The molecule has 0 bridgehead atoms. The number of nitrogens with zero attached hydrogens (tertiary/aromatic N) is 1. The molecule has 0 aromatic heterocycles. The van der Waals surface area contributed by atoms with Crippen LogP contribution in [0.4, 0.5) is 5.69 Å². The largest absolute Gasteiger partial charge is 0.452 e. The predicted octanol–water partition coefficient (Wildman–Crippen LogP) is 2.71. The number of carbonyl (C=O) groups is 3. The number of aryl methyl sites for hydroxylation is 1. The quantitative estimate of drug-likeness (QED) is 0.763. The average Bonchev–Trinajstić information content (AvgIpc) is 2.67. The summed E-state index contributed by atoms with van der Waals surface area (Å²) in [5.41, 5.74) is 2.15. The van der Waals surface area contributed by atoms with Crippen LogP contribution in [-0.4, -0.2) is 37.5 Å². The van der Waals surface area contributed by atoms with Gasteiger partial charge in [0, 0.05) is 24.8 Å². The smallest absolute Gasteiger partial charge is 0.308 e.